The number of benzene rings is 1. The number of ether oxygens (including phenoxy) is 4. The molecule has 2 aliphatic heterocycles. The molecule has 12 heteroatoms. The Bertz CT molecular complexity index is 1180. The number of aliphatic hydroxyl groups is 3. The monoisotopic (exact) mass is 627 g/mol. The Balaban J connectivity index is 1.95. The molecule has 242 valence electrons. The van der Waals surface area contributed by atoms with Gasteiger partial charge in [0.05, 0.1) is 11.5 Å². The molecule has 0 aromatic heterocycles. The van der Waals surface area contributed by atoms with Crippen LogP contribution in [0.5, 0.6) is 5.75 Å². The number of halogens is 1. The molecule has 3 rings (SSSR count). The van der Waals surface area contributed by atoms with E-state index in [0.29, 0.717) is 6.42 Å². The van der Waals surface area contributed by atoms with Crippen LogP contribution in [0.2, 0.25) is 0 Å². The van der Waals surface area contributed by atoms with Crippen LogP contribution in [0.15, 0.2) is 35.5 Å². The topological polar surface area (TPSA) is 147 Å². The van der Waals surface area contributed by atoms with Gasteiger partial charge in [0.15, 0.2) is 12.0 Å². The summed E-state index contributed by atoms with van der Waals surface area (Å²) in [6.45, 7) is 12.2. The minimum atomic E-state index is -1.70. The number of rotatable bonds is 12. The Kier molecular flexibility index (Phi) is 11.1. The van der Waals surface area contributed by atoms with Gasteiger partial charge in [0.25, 0.3) is 0 Å². The molecule has 0 bridgehead atoms. The highest BCUT2D eigenvalue weighted by Gasteiger charge is 2.52. The molecule has 6 atom stereocenters. The minimum Gasteiger partial charge on any atom is -0.491 e. The number of nitrogens with one attached hydrogen (secondary N) is 1. The smallest absolute Gasteiger partial charge is 0.311 e. The van der Waals surface area contributed by atoms with E-state index < -0.39 is 59.7 Å². The van der Waals surface area contributed by atoms with Crippen molar-refractivity contribution in [1.29, 1.82) is 0 Å². The van der Waals surface area contributed by atoms with E-state index in [1.54, 1.807) is 13.8 Å². The third-order valence-corrected chi connectivity index (χ3v) is 7.56. The maximum atomic E-state index is 12.5. The summed E-state index contributed by atoms with van der Waals surface area (Å²) < 4.78 is 31.1. The molecule has 1 saturated heterocycles. The van der Waals surface area contributed by atoms with Crippen LogP contribution < -0.4 is 10.2 Å². The van der Waals surface area contributed by atoms with Crippen molar-refractivity contribution in [2.75, 3.05) is 6.61 Å². The van der Waals surface area contributed by atoms with Gasteiger partial charge in [-0.3, -0.25) is 9.59 Å². The van der Waals surface area contributed by atoms with Gasteiger partial charge in [-0.05, 0) is 91.1 Å². The fraction of sp³-hybridized carbons (Fsp3) is 0.677. The number of nitrogens with zero attached hydrogens (tertiary/aromatic N) is 1. The van der Waals surface area contributed by atoms with Gasteiger partial charge in [-0.15, -0.1) is 0 Å². The number of carbonyl (C=O) groups is 2. The van der Waals surface area contributed by atoms with Crippen LogP contribution in [-0.4, -0.2) is 86.7 Å². The molecule has 0 spiro atoms. The second kappa shape index (κ2) is 14.2. The first-order valence-corrected chi connectivity index (χ1v) is 14.9. The number of allylic oxidation sites excluding steroid dienone is 1. The van der Waals surface area contributed by atoms with Crippen LogP contribution in [0.25, 0.3) is 0 Å². The number of hydrogen-bond donors (Lipinski definition) is 4. The zero-order chi connectivity index (χ0) is 33.0. The largest absolute Gasteiger partial charge is 0.491 e. The zero-order valence-electron chi connectivity index (χ0n) is 27.0. The fourth-order valence-corrected chi connectivity index (χ4v) is 5.17. The third-order valence-electron chi connectivity index (χ3n) is 7.37. The van der Waals surface area contributed by atoms with Crippen molar-refractivity contribution in [3.05, 3.63) is 41.1 Å². The van der Waals surface area contributed by atoms with E-state index in [2.05, 4.69) is 5.43 Å². The molecule has 43 heavy (non-hydrogen) atoms. The molecule has 1 fully saturated rings. The molecule has 4 N–H and O–H groups in total. The Morgan fingerprint density at radius 1 is 1.14 bits per heavy atom. The standard InChI is InChI=1S/C31H47ClN2O9/c1-17(2)34-19(5)22(15-20-9-11-21(12-10-20)41-18(3)4)31(33-34,14-13-24(32)35)43-28-27(38)26(37)25(36)23(42-28)16-40-29(39)30(6,7)8/h9-12,17-18,23,25-28,33,36-38H,13-16H2,1-8H3/t23-,25-,26+,27-,28?,31?/m1/s1/i6D. The maximum absolute atomic E-state index is 12.5. The molecule has 2 aliphatic rings. The Morgan fingerprint density at radius 2 is 1.79 bits per heavy atom. The molecule has 1 aromatic rings. The van der Waals surface area contributed by atoms with Crippen molar-refractivity contribution in [2.45, 2.75) is 123 Å². The van der Waals surface area contributed by atoms with Crippen molar-refractivity contribution < 1.29 is 45.2 Å². The average molecular weight is 628 g/mol. The van der Waals surface area contributed by atoms with Gasteiger partial charge < -0.3 is 39.3 Å². The van der Waals surface area contributed by atoms with Crippen molar-refractivity contribution in [2.24, 2.45) is 5.41 Å². The lowest BCUT2D eigenvalue weighted by molar-refractivity contribution is -0.329. The van der Waals surface area contributed by atoms with Gasteiger partial charge in [0.2, 0.25) is 5.24 Å². The molecule has 0 amide bonds. The Labute approximate surface area is 260 Å². The summed E-state index contributed by atoms with van der Waals surface area (Å²) >= 11 is 5.80. The normalized spacial score (nSPS) is 28.4. The van der Waals surface area contributed by atoms with E-state index in [1.807, 2.05) is 63.9 Å². The van der Waals surface area contributed by atoms with Gasteiger partial charge in [0, 0.05) is 31.5 Å². The molecule has 0 radical (unpaired) electrons. The van der Waals surface area contributed by atoms with Crippen molar-refractivity contribution >= 4 is 22.8 Å². The van der Waals surface area contributed by atoms with E-state index in [4.69, 9.17) is 31.9 Å². The quantitative estimate of drug-likeness (QED) is 0.200. The second-order valence-electron chi connectivity index (χ2n) is 12.4. The van der Waals surface area contributed by atoms with Crippen LogP contribution in [0.1, 0.15) is 75.1 Å². The lowest BCUT2D eigenvalue weighted by atomic mass is 9.91. The van der Waals surface area contributed by atoms with E-state index in [-0.39, 0.29) is 31.9 Å². The first-order chi connectivity index (χ1) is 20.5. The minimum absolute atomic E-state index is 0.0193. The van der Waals surface area contributed by atoms with Gasteiger partial charge >= 0.3 is 5.97 Å². The second-order valence-corrected chi connectivity index (χ2v) is 12.8. The zero-order valence-corrected chi connectivity index (χ0v) is 26.8. The van der Waals surface area contributed by atoms with Crippen molar-refractivity contribution in [3.8, 4) is 5.75 Å². The van der Waals surface area contributed by atoms with Crippen LogP contribution in [0.3, 0.4) is 0 Å². The number of esters is 1. The van der Waals surface area contributed by atoms with Crippen LogP contribution in [-0.2, 0) is 30.2 Å². The number of aliphatic hydroxyl groups excluding tert-OH is 3. The molecular weight excluding hydrogens is 580 g/mol. The number of carbonyl (C=O) groups excluding carboxylic acids is 2. The van der Waals surface area contributed by atoms with Gasteiger partial charge in [-0.2, -0.15) is 5.43 Å². The maximum Gasteiger partial charge on any atom is 0.311 e. The molecule has 0 saturated carbocycles. The van der Waals surface area contributed by atoms with E-state index in [9.17, 15) is 24.9 Å². The molecule has 0 aliphatic carbocycles. The fourth-order valence-electron chi connectivity index (χ4n) is 5.07. The van der Waals surface area contributed by atoms with E-state index in [1.165, 1.54) is 0 Å². The summed E-state index contributed by atoms with van der Waals surface area (Å²) in [5, 5.41) is 33.7. The summed E-state index contributed by atoms with van der Waals surface area (Å²) in [6.07, 6.45) is -7.35. The number of hydrazine groups is 1. The van der Waals surface area contributed by atoms with Gasteiger partial charge in [0.1, 0.15) is 36.8 Å². The first-order valence-electron chi connectivity index (χ1n) is 15.3. The van der Waals surface area contributed by atoms with E-state index >= 15 is 0 Å². The number of hydrogen-bond acceptors (Lipinski definition) is 11. The molecule has 2 unspecified atom stereocenters. The SMILES string of the molecule is [2H]CC(C)(C)C(=O)OC[C@H]1OC(OC2(CCC(=O)Cl)NN(C(C)C)C(C)=C2Cc2ccc(OC(C)C)cc2)[C@H](O)[C@@H](O)[C@@H]1O. The summed E-state index contributed by atoms with van der Waals surface area (Å²) in [4.78, 5) is 24.5. The van der Waals surface area contributed by atoms with Crippen LogP contribution in [0.4, 0.5) is 0 Å². The highest BCUT2D eigenvalue weighted by molar-refractivity contribution is 6.63. The molecule has 1 aromatic carbocycles. The van der Waals surface area contributed by atoms with Crippen LogP contribution in [0, 0.1) is 5.41 Å². The van der Waals surface area contributed by atoms with E-state index in [0.717, 1.165) is 22.6 Å². The highest BCUT2D eigenvalue weighted by Crippen LogP contribution is 2.40. The predicted molar refractivity (Wildman–Crippen MR) is 160 cm³/mol. The predicted octanol–water partition coefficient (Wildman–Crippen LogP) is 3.17. The molecule has 11 nitrogen and oxygen atoms in total. The lowest BCUT2D eigenvalue weighted by Crippen LogP contribution is -2.63. The van der Waals surface area contributed by atoms with Gasteiger partial charge in [-0.1, -0.05) is 12.1 Å². The molecular formula is C31H47ClN2O9. The Morgan fingerprint density at radius 3 is 2.35 bits per heavy atom. The van der Waals surface area contributed by atoms with Gasteiger partial charge in [-0.25, -0.2) is 0 Å². The highest BCUT2D eigenvalue weighted by atomic mass is 35.5. The Hall–Kier alpha value is -2.25. The summed E-state index contributed by atoms with van der Waals surface area (Å²) in [6, 6.07) is 7.57. The summed E-state index contributed by atoms with van der Waals surface area (Å²) in [5.41, 5.74) is 3.37. The average Bonchev–Trinajstić information content (AvgIpc) is 3.23. The first kappa shape index (κ1) is 33.6. The third kappa shape index (κ3) is 8.69. The lowest BCUT2D eigenvalue weighted by Gasteiger charge is -2.44. The van der Waals surface area contributed by atoms with Crippen molar-refractivity contribution in [1.82, 2.24) is 10.4 Å². The molecule has 2 heterocycles. The van der Waals surface area contributed by atoms with Crippen molar-refractivity contribution in [3.63, 3.8) is 0 Å². The van der Waals surface area contributed by atoms with Crippen LogP contribution >= 0.6 is 11.6 Å². The summed E-state index contributed by atoms with van der Waals surface area (Å²) in [5.74, 6) is 0.0522. The summed E-state index contributed by atoms with van der Waals surface area (Å²) in [7, 11) is 0.